The van der Waals surface area contributed by atoms with Crippen molar-refractivity contribution < 1.29 is 14.6 Å². The number of carbonyl (C=O) groups is 1. The van der Waals surface area contributed by atoms with E-state index in [1.165, 1.54) is 11.3 Å². The zero-order valence-corrected chi connectivity index (χ0v) is 11.6. The number of aliphatic hydroxyl groups is 1. The van der Waals surface area contributed by atoms with E-state index in [0.29, 0.717) is 18.7 Å². The molecule has 1 aliphatic heterocycles. The smallest absolute Gasteiger partial charge is 0.265 e. The number of nitrogens with zero attached hydrogens (tertiary/aromatic N) is 2. The average molecular weight is 290 g/mol. The van der Waals surface area contributed by atoms with E-state index in [-0.39, 0.29) is 19.1 Å². The quantitative estimate of drug-likeness (QED) is 0.934. The van der Waals surface area contributed by atoms with Crippen LogP contribution in [-0.4, -0.2) is 35.8 Å². The Bertz CT molecular complexity index is 613. The number of aliphatic hydroxyl groups excluding tert-OH is 1. The Morgan fingerprint density at radius 2 is 2.35 bits per heavy atom. The highest BCUT2D eigenvalue weighted by Gasteiger charge is 2.25. The lowest BCUT2D eigenvalue weighted by molar-refractivity contribution is -0.121. The molecule has 2 heterocycles. The van der Waals surface area contributed by atoms with Crippen LogP contribution in [0, 0.1) is 0 Å². The standard InChI is InChI=1S/C14H14N2O3S/c17-5-1-4-16-12-6-10(11-8-20-9-15-11)2-3-13(12)19-7-14(16)18/h2-3,6,8-9,17H,1,4-5,7H2. The fourth-order valence-electron chi connectivity index (χ4n) is 2.19. The van der Waals surface area contributed by atoms with Gasteiger partial charge in [0.25, 0.3) is 5.91 Å². The minimum absolute atomic E-state index is 0.0501. The van der Waals surface area contributed by atoms with Crippen molar-refractivity contribution in [1.82, 2.24) is 4.98 Å². The number of fused-ring (bicyclic) bond motifs is 1. The molecule has 0 fully saturated rings. The van der Waals surface area contributed by atoms with Crippen molar-refractivity contribution in [3.63, 3.8) is 0 Å². The second-order valence-electron chi connectivity index (χ2n) is 4.47. The van der Waals surface area contributed by atoms with Crippen molar-refractivity contribution in [3.05, 3.63) is 29.1 Å². The van der Waals surface area contributed by atoms with Crippen LogP contribution >= 0.6 is 11.3 Å². The van der Waals surface area contributed by atoms with Gasteiger partial charge in [0.05, 0.1) is 16.9 Å². The van der Waals surface area contributed by atoms with E-state index in [0.717, 1.165) is 16.9 Å². The largest absolute Gasteiger partial charge is 0.482 e. The van der Waals surface area contributed by atoms with Crippen molar-refractivity contribution in [2.24, 2.45) is 0 Å². The van der Waals surface area contributed by atoms with Gasteiger partial charge in [-0.1, -0.05) is 0 Å². The van der Waals surface area contributed by atoms with Crippen LogP contribution in [0.1, 0.15) is 6.42 Å². The average Bonchev–Trinajstić information content (AvgIpc) is 3.00. The van der Waals surface area contributed by atoms with Gasteiger partial charge >= 0.3 is 0 Å². The molecule has 104 valence electrons. The second kappa shape index (κ2) is 5.60. The van der Waals surface area contributed by atoms with Crippen LogP contribution in [0.25, 0.3) is 11.3 Å². The third-order valence-electron chi connectivity index (χ3n) is 3.17. The van der Waals surface area contributed by atoms with E-state index in [9.17, 15) is 4.79 Å². The Labute approximate surface area is 120 Å². The first-order valence-corrected chi connectivity index (χ1v) is 7.30. The zero-order chi connectivity index (χ0) is 13.9. The van der Waals surface area contributed by atoms with E-state index in [2.05, 4.69) is 4.98 Å². The van der Waals surface area contributed by atoms with Gasteiger partial charge in [0.15, 0.2) is 6.61 Å². The highest BCUT2D eigenvalue weighted by Crippen LogP contribution is 2.35. The molecule has 20 heavy (non-hydrogen) atoms. The van der Waals surface area contributed by atoms with Crippen LogP contribution in [0.4, 0.5) is 5.69 Å². The summed E-state index contributed by atoms with van der Waals surface area (Å²) in [5.41, 5.74) is 4.37. The van der Waals surface area contributed by atoms with Crippen molar-refractivity contribution in [2.45, 2.75) is 6.42 Å². The normalized spacial score (nSPS) is 14.1. The van der Waals surface area contributed by atoms with E-state index in [4.69, 9.17) is 9.84 Å². The second-order valence-corrected chi connectivity index (χ2v) is 5.19. The van der Waals surface area contributed by atoms with E-state index < -0.39 is 0 Å². The highest BCUT2D eigenvalue weighted by molar-refractivity contribution is 7.07. The molecule has 0 aliphatic carbocycles. The molecule has 1 aromatic heterocycles. The zero-order valence-electron chi connectivity index (χ0n) is 10.8. The van der Waals surface area contributed by atoms with Gasteiger partial charge in [0, 0.05) is 24.1 Å². The predicted octanol–water partition coefficient (Wildman–Crippen LogP) is 1.92. The maximum absolute atomic E-state index is 12.0. The minimum Gasteiger partial charge on any atom is -0.482 e. The lowest BCUT2D eigenvalue weighted by Crippen LogP contribution is -2.39. The Kier molecular flexibility index (Phi) is 3.66. The summed E-state index contributed by atoms with van der Waals surface area (Å²) in [4.78, 5) is 17.9. The third-order valence-corrected chi connectivity index (χ3v) is 3.76. The summed E-state index contributed by atoms with van der Waals surface area (Å²) in [5.74, 6) is 0.614. The number of amides is 1. The molecular weight excluding hydrogens is 276 g/mol. The molecule has 0 unspecified atom stereocenters. The molecule has 0 bridgehead atoms. The molecule has 1 aliphatic rings. The Hall–Kier alpha value is -1.92. The number of rotatable bonds is 4. The van der Waals surface area contributed by atoms with Crippen LogP contribution in [0.5, 0.6) is 5.75 Å². The van der Waals surface area contributed by atoms with E-state index >= 15 is 0 Å². The van der Waals surface area contributed by atoms with Gasteiger partial charge in [-0.2, -0.15) is 0 Å². The Morgan fingerprint density at radius 1 is 1.45 bits per heavy atom. The molecule has 3 rings (SSSR count). The summed E-state index contributed by atoms with van der Waals surface area (Å²) in [7, 11) is 0. The molecule has 1 aromatic carbocycles. The maximum atomic E-state index is 12.0. The van der Waals surface area contributed by atoms with Gasteiger partial charge < -0.3 is 14.7 Å². The summed E-state index contributed by atoms with van der Waals surface area (Å²) < 4.78 is 5.45. The molecule has 6 heteroatoms. The Morgan fingerprint density at radius 3 is 3.10 bits per heavy atom. The number of hydrogen-bond acceptors (Lipinski definition) is 5. The summed E-state index contributed by atoms with van der Waals surface area (Å²) in [6.45, 7) is 0.604. The van der Waals surface area contributed by atoms with Gasteiger partial charge in [-0.15, -0.1) is 11.3 Å². The lowest BCUT2D eigenvalue weighted by Gasteiger charge is -2.29. The molecule has 0 saturated heterocycles. The monoisotopic (exact) mass is 290 g/mol. The van der Waals surface area contributed by atoms with Crippen molar-refractivity contribution in [1.29, 1.82) is 0 Å². The molecule has 2 aromatic rings. The number of benzene rings is 1. The van der Waals surface area contributed by atoms with Crippen LogP contribution in [0.2, 0.25) is 0 Å². The third kappa shape index (κ3) is 2.39. The number of hydrogen-bond donors (Lipinski definition) is 1. The molecule has 1 N–H and O–H groups in total. The minimum atomic E-state index is -0.0821. The lowest BCUT2D eigenvalue weighted by atomic mass is 10.1. The topological polar surface area (TPSA) is 62.7 Å². The summed E-state index contributed by atoms with van der Waals surface area (Å²) in [5, 5.41) is 10.9. The number of thiazole rings is 1. The number of carbonyl (C=O) groups excluding carboxylic acids is 1. The van der Waals surface area contributed by atoms with Gasteiger partial charge in [-0.25, -0.2) is 4.98 Å². The summed E-state index contributed by atoms with van der Waals surface area (Å²) >= 11 is 1.53. The first-order valence-electron chi connectivity index (χ1n) is 6.36. The van der Waals surface area contributed by atoms with Crippen LogP contribution < -0.4 is 9.64 Å². The van der Waals surface area contributed by atoms with Crippen molar-refractivity contribution >= 4 is 22.9 Å². The first kappa shape index (κ1) is 13.1. The molecule has 0 radical (unpaired) electrons. The van der Waals surface area contributed by atoms with Gasteiger partial charge in [-0.3, -0.25) is 4.79 Å². The van der Waals surface area contributed by atoms with Crippen LogP contribution in [-0.2, 0) is 4.79 Å². The van der Waals surface area contributed by atoms with Crippen molar-refractivity contribution in [2.75, 3.05) is 24.7 Å². The predicted molar refractivity (Wildman–Crippen MR) is 77.1 cm³/mol. The summed E-state index contributed by atoms with van der Waals surface area (Å²) in [6.07, 6.45) is 0.548. The first-order chi connectivity index (χ1) is 9.79. The fourth-order valence-corrected chi connectivity index (χ4v) is 2.75. The van der Waals surface area contributed by atoms with Crippen LogP contribution in [0.3, 0.4) is 0 Å². The van der Waals surface area contributed by atoms with Gasteiger partial charge in [-0.05, 0) is 24.6 Å². The van der Waals surface area contributed by atoms with E-state index in [1.54, 1.807) is 10.4 Å². The molecule has 0 spiro atoms. The van der Waals surface area contributed by atoms with Crippen LogP contribution in [0.15, 0.2) is 29.1 Å². The summed E-state index contributed by atoms with van der Waals surface area (Å²) in [6, 6.07) is 5.72. The number of ether oxygens (including phenoxy) is 1. The van der Waals surface area contributed by atoms with Crippen molar-refractivity contribution in [3.8, 4) is 17.0 Å². The SMILES string of the molecule is O=C1COc2ccc(-c3cscn3)cc2N1CCCO. The fraction of sp³-hybridized carbons (Fsp3) is 0.286. The molecule has 0 saturated carbocycles. The van der Waals surface area contributed by atoms with E-state index in [1.807, 2.05) is 23.6 Å². The maximum Gasteiger partial charge on any atom is 0.265 e. The Balaban J connectivity index is 1.98. The molecule has 0 atom stereocenters. The van der Waals surface area contributed by atoms with Gasteiger partial charge in [0.1, 0.15) is 5.75 Å². The highest BCUT2D eigenvalue weighted by atomic mass is 32.1. The molecule has 5 nitrogen and oxygen atoms in total. The van der Waals surface area contributed by atoms with Gasteiger partial charge in [0.2, 0.25) is 0 Å². The number of anilines is 1. The molecular formula is C14H14N2O3S. The molecule has 1 amide bonds. The number of aromatic nitrogens is 1.